The molecule has 11 heteroatoms. The third kappa shape index (κ3) is 5.48. The number of rotatable bonds is 6. The van der Waals surface area contributed by atoms with E-state index >= 15 is 0 Å². The van der Waals surface area contributed by atoms with Gasteiger partial charge in [-0.1, -0.05) is 11.6 Å². The summed E-state index contributed by atoms with van der Waals surface area (Å²) < 4.78 is 10.4. The van der Waals surface area contributed by atoms with Gasteiger partial charge in [-0.05, 0) is 24.3 Å². The fourth-order valence-corrected chi connectivity index (χ4v) is 3.19. The summed E-state index contributed by atoms with van der Waals surface area (Å²) in [7, 11) is 0. The molecule has 10 nitrogen and oxygen atoms in total. The molecular weight excluding hydrogens is 428 g/mol. The molecule has 0 bridgehead atoms. The number of benzene rings is 2. The third-order valence-corrected chi connectivity index (χ3v) is 4.78. The van der Waals surface area contributed by atoms with Gasteiger partial charge in [-0.2, -0.15) is 5.26 Å². The van der Waals surface area contributed by atoms with Crippen molar-refractivity contribution in [2.45, 2.75) is 0 Å². The van der Waals surface area contributed by atoms with Gasteiger partial charge in [0.05, 0.1) is 40.0 Å². The summed E-state index contributed by atoms with van der Waals surface area (Å²) in [5, 5.41) is 22.7. The molecule has 0 aromatic heterocycles. The number of nitrogens with zero attached hydrogens (tertiary/aromatic N) is 3. The fourth-order valence-electron chi connectivity index (χ4n) is 2.97. The van der Waals surface area contributed by atoms with Gasteiger partial charge < -0.3 is 19.7 Å². The maximum Gasteiger partial charge on any atom is 0.341 e. The van der Waals surface area contributed by atoms with E-state index in [4.69, 9.17) is 26.3 Å². The van der Waals surface area contributed by atoms with Crippen LogP contribution >= 0.6 is 11.6 Å². The van der Waals surface area contributed by atoms with Crippen LogP contribution in [0.5, 0.6) is 0 Å². The van der Waals surface area contributed by atoms with Gasteiger partial charge >= 0.3 is 5.97 Å². The molecule has 0 aliphatic carbocycles. The second-order valence-corrected chi connectivity index (χ2v) is 6.90. The van der Waals surface area contributed by atoms with Gasteiger partial charge in [-0.15, -0.1) is 0 Å². The van der Waals surface area contributed by atoms with Gasteiger partial charge in [0.1, 0.15) is 6.07 Å². The lowest BCUT2D eigenvalue weighted by atomic mass is 10.1. The van der Waals surface area contributed by atoms with Gasteiger partial charge in [-0.3, -0.25) is 14.9 Å². The van der Waals surface area contributed by atoms with E-state index in [1.807, 2.05) is 11.0 Å². The number of amides is 1. The highest BCUT2D eigenvalue weighted by molar-refractivity contribution is 6.32. The second kappa shape index (κ2) is 9.88. The number of carbonyl (C=O) groups excluding carboxylic acids is 2. The number of hydrogen-bond acceptors (Lipinski definition) is 8. The van der Waals surface area contributed by atoms with Crippen molar-refractivity contribution in [1.29, 1.82) is 5.26 Å². The molecule has 0 saturated carbocycles. The number of nitro groups is 1. The predicted molar refractivity (Wildman–Crippen MR) is 111 cm³/mol. The number of hydrogen-bond donors (Lipinski definition) is 1. The molecule has 0 atom stereocenters. The number of nitrogens with one attached hydrogen (secondary N) is 1. The monoisotopic (exact) mass is 444 g/mol. The highest BCUT2D eigenvalue weighted by Crippen LogP contribution is 2.27. The molecule has 0 spiro atoms. The number of morpholine rings is 1. The lowest BCUT2D eigenvalue weighted by Crippen LogP contribution is -2.37. The molecule has 3 rings (SSSR count). The van der Waals surface area contributed by atoms with Crippen molar-refractivity contribution in [3.63, 3.8) is 0 Å². The maximum absolute atomic E-state index is 12.6. The van der Waals surface area contributed by atoms with E-state index in [0.717, 1.165) is 6.07 Å². The minimum Gasteiger partial charge on any atom is -0.452 e. The first-order valence-corrected chi connectivity index (χ1v) is 9.54. The van der Waals surface area contributed by atoms with Crippen LogP contribution in [0, 0.1) is 21.4 Å². The molecule has 1 amide bonds. The zero-order valence-electron chi connectivity index (χ0n) is 16.2. The van der Waals surface area contributed by atoms with E-state index in [9.17, 15) is 19.7 Å². The van der Waals surface area contributed by atoms with Crippen LogP contribution < -0.4 is 10.2 Å². The Labute approximate surface area is 182 Å². The Morgan fingerprint density at radius 2 is 2.00 bits per heavy atom. The van der Waals surface area contributed by atoms with Crippen LogP contribution in [0.15, 0.2) is 36.4 Å². The zero-order chi connectivity index (χ0) is 22.4. The molecule has 1 aliphatic heterocycles. The van der Waals surface area contributed by atoms with Crippen molar-refractivity contribution in [3.8, 4) is 6.07 Å². The van der Waals surface area contributed by atoms with Crippen LogP contribution in [-0.2, 0) is 14.3 Å². The van der Waals surface area contributed by atoms with Gasteiger partial charge in [0, 0.05) is 30.9 Å². The van der Waals surface area contributed by atoms with Crippen LogP contribution in [0.2, 0.25) is 5.02 Å². The summed E-state index contributed by atoms with van der Waals surface area (Å²) in [6, 6.07) is 10.2. The molecule has 160 valence electrons. The van der Waals surface area contributed by atoms with Crippen LogP contribution in [0.25, 0.3) is 0 Å². The quantitative estimate of drug-likeness (QED) is 0.408. The van der Waals surface area contributed by atoms with Crippen molar-refractivity contribution in [2.24, 2.45) is 0 Å². The van der Waals surface area contributed by atoms with Crippen molar-refractivity contribution in [1.82, 2.24) is 0 Å². The number of esters is 1. The van der Waals surface area contributed by atoms with Crippen LogP contribution in [0.4, 0.5) is 17.1 Å². The lowest BCUT2D eigenvalue weighted by molar-refractivity contribution is -0.384. The second-order valence-electron chi connectivity index (χ2n) is 6.49. The zero-order valence-corrected chi connectivity index (χ0v) is 16.9. The Kier molecular flexibility index (Phi) is 7.02. The molecule has 31 heavy (non-hydrogen) atoms. The topological polar surface area (TPSA) is 135 Å². The van der Waals surface area contributed by atoms with E-state index in [1.54, 1.807) is 0 Å². The van der Waals surface area contributed by atoms with Gasteiger partial charge in [-0.25, -0.2) is 4.79 Å². The summed E-state index contributed by atoms with van der Waals surface area (Å²) in [5.74, 6) is -1.49. The molecule has 1 fully saturated rings. The van der Waals surface area contributed by atoms with E-state index in [-0.39, 0.29) is 21.8 Å². The van der Waals surface area contributed by atoms with Gasteiger partial charge in [0.25, 0.3) is 11.6 Å². The summed E-state index contributed by atoms with van der Waals surface area (Å²) in [4.78, 5) is 37.2. The molecule has 0 radical (unpaired) electrons. The largest absolute Gasteiger partial charge is 0.452 e. The maximum atomic E-state index is 12.6. The van der Waals surface area contributed by atoms with Crippen LogP contribution in [0.1, 0.15) is 15.9 Å². The summed E-state index contributed by atoms with van der Waals surface area (Å²) in [5.41, 5.74) is 0.783. The molecule has 1 aliphatic rings. The predicted octanol–water partition coefficient (Wildman–Crippen LogP) is 2.75. The number of halogens is 1. The van der Waals surface area contributed by atoms with Crippen LogP contribution in [-0.4, -0.2) is 49.7 Å². The number of nitro benzene ring substituents is 1. The molecule has 2 aromatic rings. The third-order valence-electron chi connectivity index (χ3n) is 4.47. The number of nitriles is 1. The number of anilines is 2. The summed E-state index contributed by atoms with van der Waals surface area (Å²) in [6.45, 7) is 1.33. The Balaban J connectivity index is 1.70. The lowest BCUT2D eigenvalue weighted by Gasteiger charge is -2.30. The molecule has 1 saturated heterocycles. The minimum atomic E-state index is -0.863. The average molecular weight is 445 g/mol. The van der Waals surface area contributed by atoms with Crippen molar-refractivity contribution in [3.05, 3.63) is 62.7 Å². The van der Waals surface area contributed by atoms with Crippen LogP contribution in [0.3, 0.4) is 0 Å². The number of ether oxygens (including phenoxy) is 2. The van der Waals surface area contributed by atoms with Crippen molar-refractivity contribution in [2.75, 3.05) is 43.1 Å². The highest BCUT2D eigenvalue weighted by atomic mass is 35.5. The van der Waals surface area contributed by atoms with E-state index in [2.05, 4.69) is 5.32 Å². The standard InChI is InChI=1S/C20H17ClN4O6/c21-17-9-14(2-1-13(17)11-22)23-19(26)12-31-20(27)16-10-15(25(28)29)3-4-18(16)24-5-7-30-8-6-24/h1-4,9-10H,5-8,12H2,(H,23,26). The van der Waals surface area contributed by atoms with Gasteiger partial charge in [0.2, 0.25) is 0 Å². The Bertz CT molecular complexity index is 1060. The first-order chi connectivity index (χ1) is 14.9. The molecular formula is C20H17ClN4O6. The number of carbonyl (C=O) groups is 2. The minimum absolute atomic E-state index is 0.00897. The van der Waals surface area contributed by atoms with E-state index < -0.39 is 23.4 Å². The van der Waals surface area contributed by atoms with Gasteiger partial charge in [0.15, 0.2) is 6.61 Å². The summed E-state index contributed by atoms with van der Waals surface area (Å²) in [6.07, 6.45) is 0. The smallest absolute Gasteiger partial charge is 0.341 e. The molecule has 1 heterocycles. The molecule has 1 N–H and O–H groups in total. The van der Waals surface area contributed by atoms with E-state index in [0.29, 0.717) is 37.7 Å². The Morgan fingerprint density at radius 3 is 2.65 bits per heavy atom. The van der Waals surface area contributed by atoms with E-state index in [1.165, 1.54) is 30.3 Å². The first kappa shape index (κ1) is 22.0. The number of non-ortho nitro benzene ring substituents is 1. The first-order valence-electron chi connectivity index (χ1n) is 9.17. The SMILES string of the molecule is N#Cc1ccc(NC(=O)COC(=O)c2cc([N+](=O)[O-])ccc2N2CCOCC2)cc1Cl. The molecule has 2 aromatic carbocycles. The molecule has 0 unspecified atom stereocenters. The summed E-state index contributed by atoms with van der Waals surface area (Å²) >= 11 is 5.92. The highest BCUT2D eigenvalue weighted by Gasteiger charge is 2.23. The Hall–Kier alpha value is -3.68. The normalized spacial score (nSPS) is 13.2. The van der Waals surface area contributed by atoms with Crippen molar-refractivity contribution < 1.29 is 24.0 Å². The van der Waals surface area contributed by atoms with Crippen molar-refractivity contribution >= 4 is 40.5 Å². The fraction of sp³-hybridized carbons (Fsp3) is 0.250. The average Bonchev–Trinajstić information content (AvgIpc) is 2.77. The Morgan fingerprint density at radius 1 is 1.26 bits per heavy atom.